The van der Waals surface area contributed by atoms with Crippen molar-refractivity contribution >= 4 is 17.5 Å². The number of nitrogens with zero attached hydrogens (tertiary/aromatic N) is 1. The molecule has 0 unspecified atom stereocenters. The SMILES string of the molecule is CC(=O)Nc1ccc(F)c(C(=O)N2CCc3[nH]c(=O)[nH]c(=O)c3C2)c1. The van der Waals surface area contributed by atoms with E-state index in [0.29, 0.717) is 11.4 Å². The van der Waals surface area contributed by atoms with E-state index in [2.05, 4.69) is 15.3 Å². The maximum atomic E-state index is 14.1. The van der Waals surface area contributed by atoms with Crippen LogP contribution in [0.4, 0.5) is 10.1 Å². The number of aromatic amines is 2. The Balaban J connectivity index is 1.90. The van der Waals surface area contributed by atoms with Gasteiger partial charge in [-0.05, 0) is 18.2 Å². The molecule has 3 rings (SSSR count). The fraction of sp³-hybridized carbons (Fsp3) is 0.250. The number of H-pyrrole nitrogens is 2. The molecule has 2 heterocycles. The summed E-state index contributed by atoms with van der Waals surface area (Å²) in [6.45, 7) is 1.50. The molecule has 25 heavy (non-hydrogen) atoms. The van der Waals surface area contributed by atoms with Crippen LogP contribution in [0.25, 0.3) is 0 Å². The second kappa shape index (κ2) is 6.34. The quantitative estimate of drug-likeness (QED) is 0.728. The second-order valence-corrected chi connectivity index (χ2v) is 5.72. The van der Waals surface area contributed by atoms with Crippen LogP contribution in [0.15, 0.2) is 27.8 Å². The lowest BCUT2D eigenvalue weighted by molar-refractivity contribution is -0.114. The molecule has 0 fully saturated rings. The zero-order valence-electron chi connectivity index (χ0n) is 13.3. The second-order valence-electron chi connectivity index (χ2n) is 5.72. The van der Waals surface area contributed by atoms with Gasteiger partial charge < -0.3 is 15.2 Å². The van der Waals surface area contributed by atoms with Crippen LogP contribution >= 0.6 is 0 Å². The lowest BCUT2D eigenvalue weighted by atomic mass is 10.1. The van der Waals surface area contributed by atoms with Crippen molar-refractivity contribution in [2.75, 3.05) is 11.9 Å². The molecule has 0 spiro atoms. The van der Waals surface area contributed by atoms with Gasteiger partial charge in [0.05, 0.1) is 17.7 Å². The topological polar surface area (TPSA) is 115 Å². The number of fused-ring (bicyclic) bond motifs is 1. The lowest BCUT2D eigenvalue weighted by Crippen LogP contribution is -2.41. The summed E-state index contributed by atoms with van der Waals surface area (Å²) in [4.78, 5) is 52.9. The van der Waals surface area contributed by atoms with Crippen LogP contribution in [-0.4, -0.2) is 33.2 Å². The van der Waals surface area contributed by atoms with Crippen LogP contribution in [0.2, 0.25) is 0 Å². The number of hydrogen-bond donors (Lipinski definition) is 3. The van der Waals surface area contributed by atoms with Gasteiger partial charge in [-0.1, -0.05) is 0 Å². The van der Waals surface area contributed by atoms with Gasteiger partial charge in [-0.25, -0.2) is 9.18 Å². The van der Waals surface area contributed by atoms with Crippen molar-refractivity contribution in [1.82, 2.24) is 14.9 Å². The summed E-state index contributed by atoms with van der Waals surface area (Å²) in [6, 6.07) is 3.71. The minimum absolute atomic E-state index is 0.0376. The van der Waals surface area contributed by atoms with Crippen molar-refractivity contribution in [3.05, 3.63) is 61.7 Å². The Labute approximate surface area is 140 Å². The molecule has 0 saturated carbocycles. The van der Waals surface area contributed by atoms with Crippen LogP contribution in [0.3, 0.4) is 0 Å². The average Bonchev–Trinajstić information content (AvgIpc) is 2.55. The molecular weight excluding hydrogens is 331 g/mol. The van der Waals surface area contributed by atoms with Crippen molar-refractivity contribution in [3.8, 4) is 0 Å². The Morgan fingerprint density at radius 2 is 2.00 bits per heavy atom. The summed E-state index contributed by atoms with van der Waals surface area (Å²) in [5.41, 5.74) is -0.309. The van der Waals surface area contributed by atoms with E-state index in [0.717, 1.165) is 6.07 Å². The first kappa shape index (κ1) is 16.6. The van der Waals surface area contributed by atoms with E-state index in [9.17, 15) is 23.6 Å². The summed E-state index contributed by atoms with van der Waals surface area (Å²) in [5, 5.41) is 2.49. The smallest absolute Gasteiger partial charge is 0.325 e. The van der Waals surface area contributed by atoms with Gasteiger partial charge >= 0.3 is 5.69 Å². The van der Waals surface area contributed by atoms with Gasteiger partial charge in [-0.15, -0.1) is 0 Å². The van der Waals surface area contributed by atoms with E-state index in [1.165, 1.54) is 24.0 Å². The first-order chi connectivity index (χ1) is 11.8. The minimum atomic E-state index is -0.722. The summed E-state index contributed by atoms with van der Waals surface area (Å²) in [7, 11) is 0. The van der Waals surface area contributed by atoms with E-state index in [-0.39, 0.29) is 36.5 Å². The molecule has 2 aromatic rings. The fourth-order valence-corrected chi connectivity index (χ4v) is 2.77. The van der Waals surface area contributed by atoms with E-state index in [4.69, 9.17) is 0 Å². The number of benzene rings is 1. The molecular formula is C16H15FN4O4. The number of halogens is 1. The number of hydrogen-bond acceptors (Lipinski definition) is 4. The van der Waals surface area contributed by atoms with Gasteiger partial charge in [0.15, 0.2) is 0 Å². The Hall–Kier alpha value is -3.23. The molecule has 1 aromatic carbocycles. The Bertz CT molecular complexity index is 979. The van der Waals surface area contributed by atoms with Gasteiger partial charge in [-0.3, -0.25) is 19.4 Å². The van der Waals surface area contributed by atoms with E-state index in [1.54, 1.807) is 0 Å². The van der Waals surface area contributed by atoms with Crippen molar-refractivity contribution in [2.45, 2.75) is 19.9 Å². The molecule has 2 amide bonds. The number of nitrogens with one attached hydrogen (secondary N) is 3. The van der Waals surface area contributed by atoms with Crippen molar-refractivity contribution in [1.29, 1.82) is 0 Å². The predicted molar refractivity (Wildman–Crippen MR) is 86.8 cm³/mol. The van der Waals surface area contributed by atoms with Crippen LogP contribution in [-0.2, 0) is 17.8 Å². The molecule has 1 aliphatic heterocycles. The van der Waals surface area contributed by atoms with Gasteiger partial charge in [-0.2, -0.15) is 0 Å². The lowest BCUT2D eigenvalue weighted by Gasteiger charge is -2.28. The number of aromatic nitrogens is 2. The maximum Gasteiger partial charge on any atom is 0.325 e. The summed E-state index contributed by atoms with van der Waals surface area (Å²) in [6.07, 6.45) is 0.285. The van der Waals surface area contributed by atoms with E-state index < -0.39 is 23.0 Å². The third-order valence-corrected chi connectivity index (χ3v) is 3.91. The highest BCUT2D eigenvalue weighted by Gasteiger charge is 2.26. The van der Waals surface area contributed by atoms with E-state index in [1.807, 2.05) is 0 Å². The van der Waals surface area contributed by atoms with E-state index >= 15 is 0 Å². The molecule has 8 nitrogen and oxygen atoms in total. The molecule has 1 aliphatic rings. The number of anilines is 1. The Morgan fingerprint density at radius 1 is 1.24 bits per heavy atom. The first-order valence-electron chi connectivity index (χ1n) is 7.56. The molecule has 0 aliphatic carbocycles. The van der Waals surface area contributed by atoms with Gasteiger partial charge in [0.1, 0.15) is 5.82 Å². The van der Waals surface area contributed by atoms with Crippen LogP contribution in [0.1, 0.15) is 28.5 Å². The molecule has 0 radical (unpaired) electrons. The molecule has 0 saturated heterocycles. The molecule has 0 atom stereocenters. The molecule has 1 aromatic heterocycles. The zero-order valence-corrected chi connectivity index (χ0v) is 13.3. The highest BCUT2D eigenvalue weighted by molar-refractivity contribution is 5.97. The minimum Gasteiger partial charge on any atom is -0.334 e. The Kier molecular flexibility index (Phi) is 4.22. The predicted octanol–water partition coefficient (Wildman–Crippen LogP) is 0.359. The van der Waals surface area contributed by atoms with Crippen molar-refractivity contribution in [2.24, 2.45) is 0 Å². The highest BCUT2D eigenvalue weighted by Crippen LogP contribution is 2.20. The fourth-order valence-electron chi connectivity index (χ4n) is 2.77. The highest BCUT2D eigenvalue weighted by atomic mass is 19.1. The summed E-state index contributed by atoms with van der Waals surface area (Å²) in [5.74, 6) is -1.66. The average molecular weight is 346 g/mol. The van der Waals surface area contributed by atoms with Crippen molar-refractivity contribution < 1.29 is 14.0 Å². The molecule has 3 N–H and O–H groups in total. The molecule has 0 bridgehead atoms. The number of amides is 2. The largest absolute Gasteiger partial charge is 0.334 e. The summed E-state index contributed by atoms with van der Waals surface area (Å²) >= 11 is 0. The first-order valence-corrected chi connectivity index (χ1v) is 7.56. The van der Waals surface area contributed by atoms with Gasteiger partial charge in [0.2, 0.25) is 5.91 Å². The zero-order chi connectivity index (χ0) is 18.1. The number of carbonyl (C=O) groups is 2. The van der Waals surface area contributed by atoms with Crippen molar-refractivity contribution in [3.63, 3.8) is 0 Å². The Morgan fingerprint density at radius 3 is 2.72 bits per heavy atom. The maximum absolute atomic E-state index is 14.1. The third-order valence-electron chi connectivity index (χ3n) is 3.91. The monoisotopic (exact) mass is 346 g/mol. The van der Waals surface area contributed by atoms with Crippen LogP contribution < -0.4 is 16.6 Å². The normalized spacial score (nSPS) is 13.3. The molecule has 130 valence electrons. The van der Waals surface area contributed by atoms with Gasteiger partial charge in [0, 0.05) is 31.3 Å². The van der Waals surface area contributed by atoms with Gasteiger partial charge in [0.25, 0.3) is 11.5 Å². The van der Waals surface area contributed by atoms with Crippen LogP contribution in [0, 0.1) is 5.82 Å². The summed E-state index contributed by atoms with van der Waals surface area (Å²) < 4.78 is 14.1. The number of rotatable bonds is 2. The number of carbonyl (C=O) groups excluding carboxylic acids is 2. The van der Waals surface area contributed by atoms with Crippen LogP contribution in [0.5, 0.6) is 0 Å². The third kappa shape index (κ3) is 3.35. The molecule has 9 heteroatoms. The standard InChI is InChI=1S/C16H15FN4O4/c1-8(22)18-9-2-3-12(17)10(6-9)15(24)21-5-4-13-11(7-21)14(23)20-16(25)19-13/h2-3,6H,4-5,7H2,1H3,(H,18,22)(H2,19,20,23,25).